The first-order valence-corrected chi connectivity index (χ1v) is 7.69. The van der Waals surface area contributed by atoms with Gasteiger partial charge in [-0.05, 0) is 18.1 Å². The molecule has 2 aromatic rings. The van der Waals surface area contributed by atoms with Crippen LogP contribution in [-0.4, -0.2) is 25.9 Å². The molecule has 0 saturated carbocycles. The fraction of sp³-hybridized carbons (Fsp3) is 0.368. The Labute approximate surface area is 132 Å². The monoisotopic (exact) mass is 300 g/mol. The minimum atomic E-state index is 0.583. The summed E-state index contributed by atoms with van der Waals surface area (Å²) in [6.45, 7) is 6.39. The fourth-order valence-corrected chi connectivity index (χ4v) is 1.53. The van der Waals surface area contributed by atoms with Gasteiger partial charge in [0.15, 0.2) is 0 Å². The second kappa shape index (κ2) is 10.1. The van der Waals surface area contributed by atoms with Gasteiger partial charge in [-0.3, -0.25) is 0 Å². The summed E-state index contributed by atoms with van der Waals surface area (Å²) >= 11 is 0. The van der Waals surface area contributed by atoms with Gasteiger partial charge in [0.05, 0.1) is 39.1 Å². The first-order chi connectivity index (χ1) is 10.8. The molecule has 2 aromatic carbocycles. The Morgan fingerprint density at radius 1 is 0.864 bits per heavy atom. The minimum absolute atomic E-state index is 0.583. The van der Waals surface area contributed by atoms with Crippen LogP contribution in [0, 0.1) is 0 Å². The zero-order chi connectivity index (χ0) is 15.5. The van der Waals surface area contributed by atoms with Crippen molar-refractivity contribution in [3.8, 4) is 0 Å². The predicted molar refractivity (Wildman–Crippen MR) is 87.6 cm³/mol. The molecule has 4 rings (SSSR count). The lowest BCUT2D eigenvalue weighted by atomic mass is 10.2. The number of hydrogen-bond donors (Lipinski definition) is 0. The van der Waals surface area contributed by atoms with Crippen LogP contribution in [0.5, 0.6) is 0 Å². The Morgan fingerprint density at radius 2 is 1.23 bits per heavy atom. The average Bonchev–Trinajstić information content (AvgIpc) is 3.45. The summed E-state index contributed by atoms with van der Waals surface area (Å²) in [5.41, 5.74) is 2.43. The van der Waals surface area contributed by atoms with E-state index in [0.717, 1.165) is 19.8 Å². The van der Waals surface area contributed by atoms with Gasteiger partial charge in [-0.25, -0.2) is 0 Å². The van der Waals surface area contributed by atoms with Crippen LogP contribution < -0.4 is 0 Å². The number of hydrogen-bond acceptors (Lipinski definition) is 3. The molecule has 2 aliphatic rings. The molecule has 118 valence electrons. The molecular weight excluding hydrogens is 276 g/mol. The van der Waals surface area contributed by atoms with Gasteiger partial charge in [0.2, 0.25) is 0 Å². The van der Waals surface area contributed by atoms with Crippen molar-refractivity contribution in [2.45, 2.75) is 26.2 Å². The van der Waals surface area contributed by atoms with E-state index in [1.165, 1.54) is 11.1 Å². The lowest BCUT2D eigenvalue weighted by Gasteiger charge is -2.03. The van der Waals surface area contributed by atoms with Gasteiger partial charge in [-0.15, -0.1) is 0 Å². The Kier molecular flexibility index (Phi) is 7.67. The lowest BCUT2D eigenvalue weighted by molar-refractivity contribution is 0.107. The zero-order valence-corrected chi connectivity index (χ0v) is 13.1. The third kappa shape index (κ3) is 9.29. The van der Waals surface area contributed by atoms with Crippen LogP contribution in [0.3, 0.4) is 0 Å². The van der Waals surface area contributed by atoms with Crippen molar-refractivity contribution >= 4 is 0 Å². The second-order valence-electron chi connectivity index (χ2n) is 5.22. The summed E-state index contributed by atoms with van der Waals surface area (Å²) in [4.78, 5) is 0. The Morgan fingerprint density at radius 3 is 1.50 bits per heavy atom. The molecule has 2 fully saturated rings. The van der Waals surface area contributed by atoms with Gasteiger partial charge < -0.3 is 14.2 Å². The van der Waals surface area contributed by atoms with Crippen molar-refractivity contribution in [1.29, 1.82) is 0 Å². The molecule has 0 bridgehead atoms. The molecular formula is C19H24O3. The van der Waals surface area contributed by atoms with Crippen LogP contribution in [0.2, 0.25) is 0 Å². The topological polar surface area (TPSA) is 34.3 Å². The molecule has 0 spiro atoms. The highest BCUT2D eigenvalue weighted by molar-refractivity contribution is 5.15. The highest BCUT2D eigenvalue weighted by Gasteiger charge is 2.13. The van der Waals surface area contributed by atoms with E-state index in [2.05, 4.69) is 35.9 Å². The Bertz CT molecular complexity index is 450. The van der Waals surface area contributed by atoms with Crippen LogP contribution in [0.1, 0.15) is 18.1 Å². The van der Waals surface area contributed by atoms with Crippen LogP contribution in [-0.2, 0) is 27.4 Å². The maximum absolute atomic E-state index is 5.61. The quantitative estimate of drug-likeness (QED) is 0.805. The van der Waals surface area contributed by atoms with E-state index in [1.807, 2.05) is 36.4 Å². The highest BCUT2D eigenvalue weighted by atomic mass is 16.6. The molecule has 0 radical (unpaired) electrons. The van der Waals surface area contributed by atoms with E-state index >= 15 is 0 Å². The molecule has 3 heteroatoms. The van der Waals surface area contributed by atoms with Crippen LogP contribution in [0.15, 0.2) is 60.7 Å². The van der Waals surface area contributed by atoms with Crippen molar-refractivity contribution < 1.29 is 14.2 Å². The van der Waals surface area contributed by atoms with E-state index in [4.69, 9.17) is 9.47 Å². The van der Waals surface area contributed by atoms with Crippen LogP contribution in [0.4, 0.5) is 0 Å². The molecule has 22 heavy (non-hydrogen) atoms. The second-order valence-corrected chi connectivity index (χ2v) is 5.22. The highest BCUT2D eigenvalue weighted by Crippen LogP contribution is 2.05. The zero-order valence-electron chi connectivity index (χ0n) is 13.1. The van der Waals surface area contributed by atoms with E-state index < -0.39 is 0 Å². The van der Waals surface area contributed by atoms with Gasteiger partial charge in [-0.1, -0.05) is 60.7 Å². The molecule has 0 aromatic heterocycles. The van der Waals surface area contributed by atoms with Gasteiger partial charge >= 0.3 is 0 Å². The molecule has 2 heterocycles. The molecule has 1 atom stereocenters. The van der Waals surface area contributed by atoms with Crippen molar-refractivity contribution in [2.75, 3.05) is 19.8 Å². The van der Waals surface area contributed by atoms with Gasteiger partial charge in [-0.2, -0.15) is 0 Å². The predicted octanol–water partition coefficient (Wildman–Crippen LogP) is 3.83. The number of epoxide rings is 2. The molecule has 2 aliphatic heterocycles. The van der Waals surface area contributed by atoms with Gasteiger partial charge in [0, 0.05) is 0 Å². The summed E-state index contributed by atoms with van der Waals surface area (Å²) in [6, 6.07) is 20.4. The average molecular weight is 300 g/mol. The molecule has 0 amide bonds. The third-order valence-corrected chi connectivity index (χ3v) is 2.93. The molecule has 2 saturated heterocycles. The van der Waals surface area contributed by atoms with E-state index in [0.29, 0.717) is 19.3 Å². The molecule has 0 aliphatic carbocycles. The first kappa shape index (κ1) is 16.7. The summed E-state index contributed by atoms with van der Waals surface area (Å²) in [5, 5.41) is 0. The maximum Gasteiger partial charge on any atom is 0.0781 e. The van der Waals surface area contributed by atoms with Crippen molar-refractivity contribution in [3.05, 3.63) is 71.8 Å². The fourth-order valence-electron chi connectivity index (χ4n) is 1.53. The van der Waals surface area contributed by atoms with Crippen LogP contribution in [0.25, 0.3) is 0 Å². The summed E-state index contributed by atoms with van der Waals surface area (Å²) < 4.78 is 14.8. The van der Waals surface area contributed by atoms with Crippen molar-refractivity contribution in [3.63, 3.8) is 0 Å². The number of rotatable bonds is 4. The lowest BCUT2D eigenvalue weighted by Crippen LogP contribution is -1.93. The molecule has 3 nitrogen and oxygen atoms in total. The Hall–Kier alpha value is -1.68. The third-order valence-electron chi connectivity index (χ3n) is 2.93. The number of benzene rings is 2. The van der Waals surface area contributed by atoms with Gasteiger partial charge in [0.1, 0.15) is 0 Å². The van der Waals surface area contributed by atoms with Crippen LogP contribution >= 0.6 is 0 Å². The standard InChI is InChI=1S/C14H14O.C3H6O.C2H4O/c1-3-7-13(8-4-1)11-15-12-14-9-5-2-6-10-14;1-3-2-4-3;1-2-3-1/h1-10H,11-12H2;3H,2H2,1H3;1-2H2. The maximum atomic E-state index is 5.61. The smallest absolute Gasteiger partial charge is 0.0781 e. The van der Waals surface area contributed by atoms with Crippen molar-refractivity contribution in [1.82, 2.24) is 0 Å². The van der Waals surface area contributed by atoms with Crippen molar-refractivity contribution in [2.24, 2.45) is 0 Å². The Balaban J connectivity index is 0.000000204. The number of ether oxygens (including phenoxy) is 3. The van der Waals surface area contributed by atoms with E-state index in [9.17, 15) is 0 Å². The molecule has 0 N–H and O–H groups in total. The normalized spacial score (nSPS) is 17.4. The summed E-state index contributed by atoms with van der Waals surface area (Å²) in [5.74, 6) is 0. The van der Waals surface area contributed by atoms with E-state index in [-0.39, 0.29) is 0 Å². The van der Waals surface area contributed by atoms with E-state index in [1.54, 1.807) is 0 Å². The molecule has 1 unspecified atom stereocenters. The minimum Gasteiger partial charge on any atom is -0.377 e. The first-order valence-electron chi connectivity index (χ1n) is 7.69. The SMILES string of the molecule is C1CO1.CC1CO1.c1ccc(COCc2ccccc2)cc1. The summed E-state index contributed by atoms with van der Waals surface area (Å²) in [6.07, 6.45) is 0.583. The van der Waals surface area contributed by atoms with Gasteiger partial charge in [0.25, 0.3) is 0 Å². The largest absolute Gasteiger partial charge is 0.377 e. The summed E-state index contributed by atoms with van der Waals surface area (Å²) in [7, 11) is 0.